The number of aryl methyl sites for hydroxylation is 1. The van der Waals surface area contributed by atoms with Crippen molar-refractivity contribution in [3.8, 4) is 0 Å². The summed E-state index contributed by atoms with van der Waals surface area (Å²) in [6.07, 6.45) is 8.30. The number of aromatic nitrogens is 1. The molecule has 0 fully saturated rings. The van der Waals surface area contributed by atoms with Crippen molar-refractivity contribution in [3.63, 3.8) is 0 Å². The van der Waals surface area contributed by atoms with Gasteiger partial charge in [0.05, 0.1) is 0 Å². The molecule has 1 aromatic heterocycles. The third-order valence-corrected chi connectivity index (χ3v) is 4.14. The van der Waals surface area contributed by atoms with E-state index in [1.54, 1.807) is 6.08 Å². The number of nitrogens with zero attached hydrogens (tertiary/aromatic N) is 1. The lowest BCUT2D eigenvalue weighted by atomic mass is 10.0. The van der Waals surface area contributed by atoms with E-state index in [2.05, 4.69) is 28.9 Å². The fraction of sp³-hybridized carbons (Fsp3) is 0.421. The summed E-state index contributed by atoms with van der Waals surface area (Å²) in [7, 11) is 2.00. The molecule has 1 amide bonds. The van der Waals surface area contributed by atoms with Crippen LogP contribution in [0, 0.1) is 5.92 Å². The monoisotopic (exact) mass is 314 g/mol. The van der Waals surface area contributed by atoms with E-state index in [0.717, 1.165) is 35.7 Å². The van der Waals surface area contributed by atoms with Crippen molar-refractivity contribution in [1.82, 2.24) is 9.88 Å². The quantitative estimate of drug-likeness (QED) is 0.736. The smallest absolute Gasteiger partial charge is 0.244 e. The molecule has 0 saturated heterocycles. The Morgan fingerprint density at radius 3 is 2.87 bits per heavy atom. The van der Waals surface area contributed by atoms with Gasteiger partial charge >= 0.3 is 0 Å². The first-order valence-electron chi connectivity index (χ1n) is 8.26. The Balaban J connectivity index is 1.97. The zero-order valence-corrected chi connectivity index (χ0v) is 14.0. The minimum absolute atomic E-state index is 0.0861. The van der Waals surface area contributed by atoms with Gasteiger partial charge in [0.1, 0.15) is 0 Å². The van der Waals surface area contributed by atoms with Gasteiger partial charge in [-0.3, -0.25) is 4.79 Å². The van der Waals surface area contributed by atoms with Crippen LogP contribution in [0.4, 0.5) is 0 Å². The lowest BCUT2D eigenvalue weighted by Gasteiger charge is -2.14. The van der Waals surface area contributed by atoms with Crippen molar-refractivity contribution in [1.29, 1.82) is 0 Å². The molecule has 1 heterocycles. The SMILES string of the molecule is CCCC(CCO)CNC(=O)/C=C/c1cn(C)c2ccccc12. The highest BCUT2D eigenvalue weighted by Crippen LogP contribution is 2.21. The third-order valence-electron chi connectivity index (χ3n) is 4.14. The van der Waals surface area contributed by atoms with Crippen LogP contribution in [0.3, 0.4) is 0 Å². The van der Waals surface area contributed by atoms with Crippen LogP contribution in [-0.4, -0.2) is 28.7 Å². The maximum atomic E-state index is 12.0. The van der Waals surface area contributed by atoms with Crippen molar-refractivity contribution in [3.05, 3.63) is 42.1 Å². The molecule has 0 radical (unpaired) electrons. The summed E-state index contributed by atoms with van der Waals surface area (Å²) < 4.78 is 2.06. The number of rotatable bonds is 8. The molecule has 4 nitrogen and oxygen atoms in total. The van der Waals surface area contributed by atoms with Crippen LogP contribution < -0.4 is 5.32 Å². The zero-order valence-electron chi connectivity index (χ0n) is 14.0. The summed E-state index contributed by atoms with van der Waals surface area (Å²) >= 11 is 0. The molecule has 0 spiro atoms. The summed E-state index contributed by atoms with van der Waals surface area (Å²) in [5.74, 6) is 0.261. The molecule has 2 rings (SSSR count). The summed E-state index contributed by atoms with van der Waals surface area (Å²) in [5.41, 5.74) is 2.19. The van der Waals surface area contributed by atoms with Crippen LogP contribution >= 0.6 is 0 Å². The van der Waals surface area contributed by atoms with Gasteiger partial charge in [-0.05, 0) is 30.9 Å². The number of para-hydroxylation sites is 1. The van der Waals surface area contributed by atoms with Gasteiger partial charge in [-0.25, -0.2) is 0 Å². The van der Waals surface area contributed by atoms with Gasteiger partial charge in [-0.1, -0.05) is 31.5 Å². The molecular weight excluding hydrogens is 288 g/mol. The Bertz CT molecular complexity index is 667. The minimum atomic E-state index is -0.0861. The van der Waals surface area contributed by atoms with E-state index in [0.29, 0.717) is 12.5 Å². The highest BCUT2D eigenvalue weighted by atomic mass is 16.3. The van der Waals surface area contributed by atoms with E-state index in [1.807, 2.05) is 31.5 Å². The molecule has 124 valence electrons. The molecule has 2 aromatic rings. The first kappa shape index (κ1) is 17.3. The summed E-state index contributed by atoms with van der Waals surface area (Å²) in [5, 5.41) is 13.1. The van der Waals surface area contributed by atoms with Crippen LogP contribution in [0.5, 0.6) is 0 Å². The Morgan fingerprint density at radius 2 is 2.13 bits per heavy atom. The molecule has 2 N–H and O–H groups in total. The molecule has 0 aliphatic heterocycles. The van der Waals surface area contributed by atoms with Gasteiger partial charge in [-0.15, -0.1) is 0 Å². The normalized spacial score (nSPS) is 12.8. The molecule has 4 heteroatoms. The number of hydrogen-bond acceptors (Lipinski definition) is 2. The number of aliphatic hydroxyl groups is 1. The number of carbonyl (C=O) groups excluding carboxylic acids is 1. The summed E-state index contributed by atoms with van der Waals surface area (Å²) in [4.78, 5) is 12.0. The second-order valence-corrected chi connectivity index (χ2v) is 5.96. The maximum absolute atomic E-state index is 12.0. The highest BCUT2D eigenvalue weighted by molar-refractivity contribution is 5.96. The van der Waals surface area contributed by atoms with Crippen molar-refractivity contribution >= 4 is 22.9 Å². The number of benzene rings is 1. The number of aliphatic hydroxyl groups excluding tert-OH is 1. The molecule has 0 saturated carbocycles. The zero-order chi connectivity index (χ0) is 16.7. The van der Waals surface area contributed by atoms with Gasteiger partial charge in [0.25, 0.3) is 0 Å². The fourth-order valence-corrected chi connectivity index (χ4v) is 2.91. The number of carbonyl (C=O) groups is 1. The van der Waals surface area contributed by atoms with Crippen molar-refractivity contribution in [2.45, 2.75) is 26.2 Å². The largest absolute Gasteiger partial charge is 0.396 e. The van der Waals surface area contributed by atoms with E-state index >= 15 is 0 Å². The van der Waals surface area contributed by atoms with Gasteiger partial charge in [0, 0.05) is 48.9 Å². The second-order valence-electron chi connectivity index (χ2n) is 5.96. The molecule has 0 aliphatic rings. The lowest BCUT2D eigenvalue weighted by Crippen LogP contribution is -2.28. The average molecular weight is 314 g/mol. The first-order valence-corrected chi connectivity index (χ1v) is 8.26. The van der Waals surface area contributed by atoms with Crippen molar-refractivity contribution in [2.24, 2.45) is 13.0 Å². The molecule has 0 bridgehead atoms. The van der Waals surface area contributed by atoms with Gasteiger partial charge in [-0.2, -0.15) is 0 Å². The molecular formula is C19H26N2O2. The summed E-state index contributed by atoms with van der Waals surface area (Å²) in [6.45, 7) is 2.91. The molecule has 1 unspecified atom stereocenters. The summed E-state index contributed by atoms with van der Waals surface area (Å²) in [6, 6.07) is 8.14. The van der Waals surface area contributed by atoms with Crippen molar-refractivity contribution < 1.29 is 9.90 Å². The first-order chi connectivity index (χ1) is 11.2. The molecule has 23 heavy (non-hydrogen) atoms. The predicted octanol–water partition coefficient (Wildman–Crippen LogP) is 3.11. The highest BCUT2D eigenvalue weighted by Gasteiger charge is 2.08. The predicted molar refractivity (Wildman–Crippen MR) is 95.1 cm³/mol. The number of hydrogen-bond donors (Lipinski definition) is 2. The van der Waals surface area contributed by atoms with Gasteiger partial charge < -0.3 is 15.0 Å². The number of fused-ring (bicyclic) bond motifs is 1. The minimum Gasteiger partial charge on any atom is -0.396 e. The van der Waals surface area contributed by atoms with Crippen LogP contribution in [0.15, 0.2) is 36.5 Å². The second kappa shape index (κ2) is 8.53. The van der Waals surface area contributed by atoms with Gasteiger partial charge in [0.2, 0.25) is 5.91 Å². The number of amides is 1. The molecule has 1 aromatic carbocycles. The van der Waals surface area contributed by atoms with Crippen LogP contribution in [0.25, 0.3) is 17.0 Å². The Hall–Kier alpha value is -2.07. The fourth-order valence-electron chi connectivity index (χ4n) is 2.91. The van der Waals surface area contributed by atoms with Gasteiger partial charge in [0.15, 0.2) is 0 Å². The molecule has 0 aliphatic carbocycles. The maximum Gasteiger partial charge on any atom is 0.244 e. The Labute approximate surface area is 137 Å². The Morgan fingerprint density at radius 1 is 1.35 bits per heavy atom. The number of nitrogens with one attached hydrogen (secondary N) is 1. The standard InChI is InChI=1S/C19H26N2O2/c1-3-6-15(11-12-22)13-20-19(23)10-9-16-14-21(2)18-8-5-4-7-17(16)18/h4-5,7-10,14-15,22H,3,6,11-13H2,1-2H3,(H,20,23)/b10-9+. The topological polar surface area (TPSA) is 54.3 Å². The van der Waals surface area contributed by atoms with Crippen LogP contribution in [0.1, 0.15) is 31.7 Å². The van der Waals surface area contributed by atoms with Crippen LogP contribution in [-0.2, 0) is 11.8 Å². The van der Waals surface area contributed by atoms with Crippen molar-refractivity contribution in [2.75, 3.05) is 13.2 Å². The van der Waals surface area contributed by atoms with E-state index in [-0.39, 0.29) is 12.5 Å². The van der Waals surface area contributed by atoms with E-state index in [9.17, 15) is 4.79 Å². The van der Waals surface area contributed by atoms with E-state index in [1.165, 1.54) is 0 Å². The third kappa shape index (κ3) is 4.70. The lowest BCUT2D eigenvalue weighted by molar-refractivity contribution is -0.116. The molecule has 1 atom stereocenters. The van der Waals surface area contributed by atoms with E-state index < -0.39 is 0 Å². The Kier molecular flexibility index (Phi) is 6.41. The van der Waals surface area contributed by atoms with E-state index in [4.69, 9.17) is 5.11 Å². The van der Waals surface area contributed by atoms with Crippen LogP contribution in [0.2, 0.25) is 0 Å². The average Bonchev–Trinajstić information content (AvgIpc) is 2.88.